The number of nitrogens with one attached hydrogen (secondary N) is 2. The Bertz CT molecular complexity index is 700. The van der Waals surface area contributed by atoms with Crippen LogP contribution in [0.5, 0.6) is 0 Å². The zero-order chi connectivity index (χ0) is 16.2. The zero-order valence-corrected chi connectivity index (χ0v) is 15.0. The molecule has 5 nitrogen and oxygen atoms in total. The molecule has 7 heteroatoms. The van der Waals surface area contributed by atoms with E-state index in [1.807, 2.05) is 25.1 Å². The highest BCUT2D eigenvalue weighted by Crippen LogP contribution is 2.19. The third-order valence-corrected chi connectivity index (χ3v) is 4.15. The van der Waals surface area contributed by atoms with E-state index in [-0.39, 0.29) is 18.3 Å². The smallest absolute Gasteiger partial charge is 0.257 e. The van der Waals surface area contributed by atoms with Crippen molar-refractivity contribution in [1.29, 1.82) is 0 Å². The molecule has 1 saturated heterocycles. The first kappa shape index (κ1) is 18.5. The van der Waals surface area contributed by atoms with Gasteiger partial charge < -0.3 is 15.5 Å². The van der Waals surface area contributed by atoms with Crippen molar-refractivity contribution >= 4 is 41.4 Å². The molecule has 0 atom stereocenters. The number of aromatic nitrogens is 1. The minimum atomic E-state index is -0.201. The van der Waals surface area contributed by atoms with Gasteiger partial charge in [0.25, 0.3) is 5.91 Å². The standard InChI is InChI=1S/C17H19ClN4O.ClH/c1-12-2-3-13(18)10-15(12)17(23)21-16-5-4-14(11-20-16)22-8-6-19-7-9-22;/h2-5,10-11,19H,6-9H2,1H3,(H,20,21,23);1H. The van der Waals surface area contributed by atoms with Gasteiger partial charge in [0.2, 0.25) is 0 Å². The Morgan fingerprint density at radius 2 is 2.00 bits per heavy atom. The molecule has 128 valence electrons. The van der Waals surface area contributed by atoms with Crippen LogP contribution in [0.2, 0.25) is 5.02 Å². The van der Waals surface area contributed by atoms with Crippen LogP contribution in [0.25, 0.3) is 0 Å². The first-order valence-corrected chi connectivity index (χ1v) is 8.00. The highest BCUT2D eigenvalue weighted by molar-refractivity contribution is 6.31. The topological polar surface area (TPSA) is 57.3 Å². The number of amides is 1. The Labute approximate surface area is 152 Å². The highest BCUT2D eigenvalue weighted by Gasteiger charge is 2.13. The summed E-state index contributed by atoms with van der Waals surface area (Å²) >= 11 is 5.96. The normalized spacial score (nSPS) is 14.0. The van der Waals surface area contributed by atoms with Gasteiger partial charge in [0.15, 0.2) is 0 Å². The molecule has 0 unspecified atom stereocenters. The van der Waals surface area contributed by atoms with E-state index in [1.54, 1.807) is 18.3 Å². The van der Waals surface area contributed by atoms with E-state index in [0.29, 0.717) is 16.4 Å². The molecule has 0 spiro atoms. The summed E-state index contributed by atoms with van der Waals surface area (Å²) in [6.07, 6.45) is 1.80. The fourth-order valence-corrected chi connectivity index (χ4v) is 2.76. The lowest BCUT2D eigenvalue weighted by molar-refractivity contribution is 0.102. The van der Waals surface area contributed by atoms with Crippen molar-refractivity contribution in [1.82, 2.24) is 10.3 Å². The number of nitrogens with zero attached hydrogens (tertiary/aromatic N) is 2. The van der Waals surface area contributed by atoms with Crippen LogP contribution >= 0.6 is 24.0 Å². The fourth-order valence-electron chi connectivity index (χ4n) is 2.59. The van der Waals surface area contributed by atoms with E-state index < -0.39 is 0 Å². The average molecular weight is 367 g/mol. The van der Waals surface area contributed by atoms with E-state index in [2.05, 4.69) is 20.5 Å². The Morgan fingerprint density at radius 1 is 1.25 bits per heavy atom. The molecule has 2 aromatic rings. The number of rotatable bonds is 3. The molecule has 0 aliphatic carbocycles. The molecule has 0 bridgehead atoms. The molecule has 3 rings (SSSR count). The van der Waals surface area contributed by atoms with Crippen LogP contribution in [0.1, 0.15) is 15.9 Å². The van der Waals surface area contributed by atoms with Crippen LogP contribution in [0.3, 0.4) is 0 Å². The summed E-state index contributed by atoms with van der Waals surface area (Å²) < 4.78 is 0. The molecule has 1 fully saturated rings. The Morgan fingerprint density at radius 3 is 2.67 bits per heavy atom. The summed E-state index contributed by atoms with van der Waals surface area (Å²) in [5.41, 5.74) is 2.51. The second kappa shape index (κ2) is 8.33. The molecule has 2 heterocycles. The van der Waals surface area contributed by atoms with Gasteiger partial charge in [0.05, 0.1) is 11.9 Å². The number of carbonyl (C=O) groups excluding carboxylic acids is 1. The summed E-state index contributed by atoms with van der Waals surface area (Å²) in [7, 11) is 0. The summed E-state index contributed by atoms with van der Waals surface area (Å²) in [5, 5.41) is 6.68. The van der Waals surface area contributed by atoms with Crippen molar-refractivity contribution in [2.45, 2.75) is 6.92 Å². The lowest BCUT2D eigenvalue weighted by Gasteiger charge is -2.29. The Balaban J connectivity index is 0.00000208. The number of aryl methyl sites for hydroxylation is 1. The van der Waals surface area contributed by atoms with Gasteiger partial charge in [-0.1, -0.05) is 17.7 Å². The molecule has 2 N–H and O–H groups in total. The van der Waals surface area contributed by atoms with E-state index in [4.69, 9.17) is 11.6 Å². The van der Waals surface area contributed by atoms with Crippen LogP contribution in [-0.2, 0) is 0 Å². The van der Waals surface area contributed by atoms with Gasteiger partial charge in [-0.15, -0.1) is 12.4 Å². The number of halogens is 2. The first-order valence-electron chi connectivity index (χ1n) is 7.63. The van der Waals surface area contributed by atoms with Gasteiger partial charge in [-0.25, -0.2) is 4.98 Å². The SMILES string of the molecule is Cc1ccc(Cl)cc1C(=O)Nc1ccc(N2CCNCC2)cn1.Cl. The van der Waals surface area contributed by atoms with Crippen molar-refractivity contribution in [2.24, 2.45) is 0 Å². The molecule has 1 aliphatic heterocycles. The fraction of sp³-hybridized carbons (Fsp3) is 0.294. The number of hydrogen-bond acceptors (Lipinski definition) is 4. The van der Waals surface area contributed by atoms with Gasteiger partial charge in [-0.05, 0) is 36.8 Å². The molecule has 0 saturated carbocycles. The van der Waals surface area contributed by atoms with E-state index in [1.165, 1.54) is 0 Å². The van der Waals surface area contributed by atoms with Gasteiger partial charge in [-0.2, -0.15) is 0 Å². The van der Waals surface area contributed by atoms with Crippen molar-refractivity contribution < 1.29 is 4.79 Å². The van der Waals surface area contributed by atoms with Gasteiger partial charge in [-0.3, -0.25) is 4.79 Å². The largest absolute Gasteiger partial charge is 0.368 e. The molecular formula is C17H20Cl2N4O. The maximum atomic E-state index is 12.3. The quantitative estimate of drug-likeness (QED) is 0.875. The van der Waals surface area contributed by atoms with Crippen LogP contribution in [0, 0.1) is 6.92 Å². The van der Waals surface area contributed by atoms with Gasteiger partial charge >= 0.3 is 0 Å². The molecule has 1 aliphatic rings. The first-order chi connectivity index (χ1) is 11.1. The minimum absolute atomic E-state index is 0. The maximum Gasteiger partial charge on any atom is 0.257 e. The van der Waals surface area contributed by atoms with Crippen molar-refractivity contribution in [3.05, 3.63) is 52.7 Å². The highest BCUT2D eigenvalue weighted by atomic mass is 35.5. The molecular weight excluding hydrogens is 347 g/mol. The summed E-state index contributed by atoms with van der Waals surface area (Å²) in [6.45, 7) is 5.77. The molecule has 0 radical (unpaired) electrons. The van der Waals surface area contributed by atoms with E-state index >= 15 is 0 Å². The van der Waals surface area contributed by atoms with Crippen molar-refractivity contribution in [3.8, 4) is 0 Å². The molecule has 1 aromatic heterocycles. The van der Waals surface area contributed by atoms with Crippen molar-refractivity contribution in [3.63, 3.8) is 0 Å². The van der Waals surface area contributed by atoms with Crippen LogP contribution < -0.4 is 15.5 Å². The van der Waals surface area contributed by atoms with Crippen LogP contribution in [-0.4, -0.2) is 37.1 Å². The Kier molecular flexibility index (Phi) is 6.43. The average Bonchev–Trinajstić information content (AvgIpc) is 2.58. The molecule has 1 amide bonds. The Hall–Kier alpha value is -1.82. The number of benzene rings is 1. The van der Waals surface area contributed by atoms with Crippen LogP contribution in [0.4, 0.5) is 11.5 Å². The van der Waals surface area contributed by atoms with Crippen LogP contribution in [0.15, 0.2) is 36.5 Å². The number of pyridine rings is 1. The maximum absolute atomic E-state index is 12.3. The van der Waals surface area contributed by atoms with Gasteiger partial charge in [0, 0.05) is 36.8 Å². The summed E-state index contributed by atoms with van der Waals surface area (Å²) in [4.78, 5) is 19.0. The summed E-state index contributed by atoms with van der Waals surface area (Å²) in [6, 6.07) is 9.08. The monoisotopic (exact) mass is 366 g/mol. The number of hydrogen-bond donors (Lipinski definition) is 2. The third kappa shape index (κ3) is 4.38. The second-order valence-electron chi connectivity index (χ2n) is 5.55. The lowest BCUT2D eigenvalue weighted by atomic mass is 10.1. The lowest BCUT2D eigenvalue weighted by Crippen LogP contribution is -2.43. The van der Waals surface area contributed by atoms with Gasteiger partial charge in [0.1, 0.15) is 5.82 Å². The second-order valence-corrected chi connectivity index (χ2v) is 5.99. The number of anilines is 2. The zero-order valence-electron chi connectivity index (χ0n) is 13.4. The predicted molar refractivity (Wildman–Crippen MR) is 101 cm³/mol. The van der Waals surface area contributed by atoms with E-state index in [9.17, 15) is 4.79 Å². The number of piperazine rings is 1. The number of carbonyl (C=O) groups is 1. The van der Waals surface area contributed by atoms with Crippen molar-refractivity contribution in [2.75, 3.05) is 36.4 Å². The minimum Gasteiger partial charge on any atom is -0.368 e. The summed E-state index contributed by atoms with van der Waals surface area (Å²) in [5.74, 6) is 0.334. The van der Waals surface area contributed by atoms with E-state index in [0.717, 1.165) is 37.4 Å². The molecule has 24 heavy (non-hydrogen) atoms. The molecule has 1 aromatic carbocycles. The predicted octanol–water partition coefficient (Wildman–Crippen LogP) is 3.13. The third-order valence-electron chi connectivity index (χ3n) is 3.92.